The second kappa shape index (κ2) is 12.7. The third-order valence-corrected chi connectivity index (χ3v) is 3.74. The fourth-order valence-corrected chi connectivity index (χ4v) is 2.53. The minimum absolute atomic E-state index is 0.685. The van der Waals surface area contributed by atoms with Gasteiger partial charge in [-0.3, -0.25) is 9.89 Å². The zero-order valence-electron chi connectivity index (χ0n) is 14.8. The maximum Gasteiger partial charge on any atom is 0.414 e. The van der Waals surface area contributed by atoms with Gasteiger partial charge in [-0.25, -0.2) is 9.59 Å². The number of aliphatic imine (C=N–C) groups is 1. The zero-order chi connectivity index (χ0) is 19.2. The van der Waals surface area contributed by atoms with Gasteiger partial charge < -0.3 is 20.7 Å². The third kappa shape index (κ3) is 9.63. The number of benzene rings is 1. The van der Waals surface area contributed by atoms with Crippen LogP contribution in [0.4, 0.5) is 0 Å². The van der Waals surface area contributed by atoms with Crippen molar-refractivity contribution in [3.63, 3.8) is 0 Å². The molecular formula is C18H27N3O5. The normalized spacial score (nSPS) is 14.5. The van der Waals surface area contributed by atoms with E-state index in [0.29, 0.717) is 6.61 Å². The van der Waals surface area contributed by atoms with Crippen LogP contribution in [0.25, 0.3) is 0 Å². The molecule has 26 heavy (non-hydrogen) atoms. The molecule has 8 nitrogen and oxygen atoms in total. The fourth-order valence-electron chi connectivity index (χ4n) is 2.53. The van der Waals surface area contributed by atoms with E-state index in [4.69, 9.17) is 30.3 Å². The number of hydrogen-bond acceptors (Lipinski definition) is 5. The van der Waals surface area contributed by atoms with E-state index >= 15 is 0 Å². The van der Waals surface area contributed by atoms with Crippen molar-refractivity contribution < 1.29 is 24.5 Å². The van der Waals surface area contributed by atoms with Crippen LogP contribution in [0.15, 0.2) is 29.3 Å². The number of likely N-dealkylation sites (tertiary alicyclic amines) is 1. The molecular weight excluding hydrogens is 338 g/mol. The average Bonchev–Trinajstić information content (AvgIpc) is 2.63. The Morgan fingerprint density at radius 2 is 1.88 bits per heavy atom. The summed E-state index contributed by atoms with van der Waals surface area (Å²) in [6.45, 7) is 4.90. The number of rotatable bonds is 7. The van der Waals surface area contributed by atoms with E-state index in [1.807, 2.05) is 6.07 Å². The molecule has 0 atom stereocenters. The lowest BCUT2D eigenvalue weighted by Gasteiger charge is -2.26. The molecule has 0 amide bonds. The van der Waals surface area contributed by atoms with Gasteiger partial charge in [0.25, 0.3) is 0 Å². The fraction of sp³-hybridized carbons (Fsp3) is 0.500. The van der Waals surface area contributed by atoms with Gasteiger partial charge in [-0.1, -0.05) is 18.6 Å². The number of nitrogens with zero attached hydrogens (tertiary/aromatic N) is 2. The summed E-state index contributed by atoms with van der Waals surface area (Å²) in [5.41, 5.74) is 6.53. The van der Waals surface area contributed by atoms with Crippen LogP contribution < -0.4 is 10.5 Å². The monoisotopic (exact) mass is 365 g/mol. The number of carbonyl (C=O) groups is 2. The van der Waals surface area contributed by atoms with Crippen LogP contribution in [-0.4, -0.2) is 59.6 Å². The molecule has 4 N–H and O–H groups in total. The number of aliphatic carboxylic acids is 2. The van der Waals surface area contributed by atoms with Crippen LogP contribution in [0.1, 0.15) is 31.2 Å². The minimum Gasteiger partial charge on any atom is -0.494 e. The molecule has 144 valence electrons. The summed E-state index contributed by atoms with van der Waals surface area (Å²) in [6, 6.07) is 8.43. The highest BCUT2D eigenvalue weighted by Crippen LogP contribution is 2.17. The lowest BCUT2D eigenvalue weighted by atomic mass is 10.1. The quantitative estimate of drug-likeness (QED) is 0.290. The van der Waals surface area contributed by atoms with E-state index in [1.54, 1.807) is 0 Å². The second-order valence-electron chi connectivity index (χ2n) is 5.85. The van der Waals surface area contributed by atoms with Crippen molar-refractivity contribution in [2.75, 3.05) is 26.2 Å². The van der Waals surface area contributed by atoms with E-state index < -0.39 is 11.9 Å². The first-order valence-electron chi connectivity index (χ1n) is 8.63. The van der Waals surface area contributed by atoms with Gasteiger partial charge in [0.05, 0.1) is 12.9 Å². The number of carboxylic acid groups (broad SMARTS) is 2. The molecule has 1 fully saturated rings. The lowest BCUT2D eigenvalue weighted by Crippen LogP contribution is -2.29. The van der Waals surface area contributed by atoms with E-state index in [9.17, 15) is 0 Å². The van der Waals surface area contributed by atoms with Crippen molar-refractivity contribution in [2.24, 2.45) is 10.7 Å². The van der Waals surface area contributed by atoms with Gasteiger partial charge in [0, 0.05) is 19.5 Å². The van der Waals surface area contributed by atoms with Gasteiger partial charge in [-0.2, -0.15) is 0 Å². The number of ether oxygens (including phenoxy) is 1. The van der Waals surface area contributed by atoms with Crippen LogP contribution >= 0.6 is 0 Å². The van der Waals surface area contributed by atoms with Crippen LogP contribution in [-0.2, 0) is 16.1 Å². The summed E-state index contributed by atoms with van der Waals surface area (Å²) in [5.74, 6) is -2.69. The highest BCUT2D eigenvalue weighted by Gasteiger charge is 2.10. The van der Waals surface area contributed by atoms with Crippen LogP contribution in [0.3, 0.4) is 0 Å². The third-order valence-electron chi connectivity index (χ3n) is 3.74. The molecule has 0 unspecified atom stereocenters. The molecule has 1 aromatic carbocycles. The van der Waals surface area contributed by atoms with Crippen molar-refractivity contribution in [1.29, 1.82) is 0 Å². The molecule has 0 aliphatic carbocycles. The summed E-state index contributed by atoms with van der Waals surface area (Å²) in [5, 5.41) is 14.8. The minimum atomic E-state index is -1.82. The topological polar surface area (TPSA) is 125 Å². The predicted octanol–water partition coefficient (Wildman–Crippen LogP) is 1.58. The lowest BCUT2D eigenvalue weighted by molar-refractivity contribution is -0.159. The summed E-state index contributed by atoms with van der Waals surface area (Å²) in [7, 11) is 0. The molecule has 1 aliphatic rings. The predicted molar refractivity (Wildman–Crippen MR) is 98.5 cm³/mol. The Morgan fingerprint density at radius 1 is 1.19 bits per heavy atom. The number of hydrogen-bond donors (Lipinski definition) is 3. The molecule has 0 saturated carbocycles. The number of nitrogens with two attached hydrogens (primary N) is 1. The Kier molecular flexibility index (Phi) is 10.5. The van der Waals surface area contributed by atoms with E-state index in [2.05, 4.69) is 28.1 Å². The highest BCUT2D eigenvalue weighted by molar-refractivity contribution is 6.27. The van der Waals surface area contributed by atoms with Gasteiger partial charge >= 0.3 is 11.9 Å². The Balaban J connectivity index is 0.000000487. The molecule has 8 heteroatoms. The smallest absolute Gasteiger partial charge is 0.414 e. The van der Waals surface area contributed by atoms with Crippen molar-refractivity contribution in [1.82, 2.24) is 4.90 Å². The van der Waals surface area contributed by atoms with E-state index in [0.717, 1.165) is 25.3 Å². The van der Waals surface area contributed by atoms with E-state index in [1.165, 1.54) is 44.3 Å². The van der Waals surface area contributed by atoms with Gasteiger partial charge in [-0.15, -0.1) is 0 Å². The van der Waals surface area contributed by atoms with Gasteiger partial charge in [-0.05, 0) is 43.6 Å². The summed E-state index contributed by atoms with van der Waals surface area (Å²) in [6.07, 6.45) is 6.28. The first-order chi connectivity index (χ1) is 12.5. The Morgan fingerprint density at radius 3 is 2.50 bits per heavy atom. The molecule has 1 aromatic rings. The van der Waals surface area contributed by atoms with Crippen molar-refractivity contribution in [3.05, 3.63) is 29.8 Å². The molecule has 2 rings (SSSR count). The zero-order valence-corrected chi connectivity index (χ0v) is 14.8. The van der Waals surface area contributed by atoms with Crippen molar-refractivity contribution in [2.45, 2.75) is 32.2 Å². The molecule has 1 aliphatic heterocycles. The summed E-state index contributed by atoms with van der Waals surface area (Å²) < 4.78 is 5.75. The summed E-state index contributed by atoms with van der Waals surface area (Å²) >= 11 is 0. The Bertz CT molecular complexity index is 574. The van der Waals surface area contributed by atoms with Crippen LogP contribution in [0.5, 0.6) is 5.75 Å². The average molecular weight is 365 g/mol. The molecule has 0 spiro atoms. The molecule has 0 radical (unpaired) electrons. The van der Waals surface area contributed by atoms with Crippen LogP contribution in [0.2, 0.25) is 0 Å². The van der Waals surface area contributed by atoms with E-state index in [-0.39, 0.29) is 0 Å². The van der Waals surface area contributed by atoms with Gasteiger partial charge in [0.1, 0.15) is 5.75 Å². The first kappa shape index (κ1) is 21.4. The SMILES string of the molecule is N/C=N\CCCOc1cccc(CN2CCCCC2)c1.O=C(O)C(=O)O. The largest absolute Gasteiger partial charge is 0.494 e. The maximum atomic E-state index is 9.10. The van der Waals surface area contributed by atoms with Gasteiger partial charge in [0.2, 0.25) is 0 Å². The standard InChI is InChI=1S/C16H25N3O.C2H2O4/c17-14-18-8-5-11-20-16-7-4-6-15(12-16)13-19-9-2-1-3-10-19;3-1(4)2(5)6/h4,6-7,12,14H,1-3,5,8-11,13H2,(H2,17,18);(H,3,4)(H,5,6). The second-order valence-corrected chi connectivity index (χ2v) is 5.85. The molecule has 1 saturated heterocycles. The maximum absolute atomic E-state index is 9.10. The number of carboxylic acids is 2. The van der Waals surface area contributed by atoms with Crippen LogP contribution in [0, 0.1) is 0 Å². The van der Waals surface area contributed by atoms with Crippen molar-refractivity contribution in [3.8, 4) is 5.75 Å². The number of piperidine rings is 1. The molecule has 0 bridgehead atoms. The van der Waals surface area contributed by atoms with Gasteiger partial charge in [0.15, 0.2) is 0 Å². The highest BCUT2D eigenvalue weighted by atomic mass is 16.5. The Hall–Kier alpha value is -2.61. The summed E-state index contributed by atoms with van der Waals surface area (Å²) in [4.78, 5) is 24.7. The molecule has 0 aromatic heterocycles. The van der Waals surface area contributed by atoms with Crippen molar-refractivity contribution >= 4 is 18.3 Å². The molecule has 1 heterocycles. The first-order valence-corrected chi connectivity index (χ1v) is 8.63. The Labute approximate surface area is 153 Å².